The van der Waals surface area contributed by atoms with Gasteiger partial charge >= 0.3 is 0 Å². The SMILES string of the molecule is CCn1cnc2cc(C(=O)N3CCN(Cc4ccccc4)CCCN(C(C)=O)c4cc(F)c(F)cc4C3)ccc21. The second-order valence-electron chi connectivity index (χ2n) is 10.1. The molecule has 40 heavy (non-hydrogen) atoms. The van der Waals surface area contributed by atoms with Crippen molar-refractivity contribution in [2.24, 2.45) is 0 Å². The minimum atomic E-state index is -1.03. The number of benzene rings is 3. The summed E-state index contributed by atoms with van der Waals surface area (Å²) < 4.78 is 30.9. The van der Waals surface area contributed by atoms with E-state index >= 15 is 0 Å². The van der Waals surface area contributed by atoms with Crippen molar-refractivity contribution in [1.29, 1.82) is 0 Å². The van der Waals surface area contributed by atoms with Gasteiger partial charge in [-0.3, -0.25) is 14.5 Å². The lowest BCUT2D eigenvalue weighted by atomic mass is 10.1. The largest absolute Gasteiger partial charge is 0.333 e. The van der Waals surface area contributed by atoms with Gasteiger partial charge in [-0.15, -0.1) is 0 Å². The minimum Gasteiger partial charge on any atom is -0.333 e. The molecule has 0 atom stereocenters. The van der Waals surface area contributed by atoms with Crippen molar-refractivity contribution in [1.82, 2.24) is 19.4 Å². The van der Waals surface area contributed by atoms with E-state index in [0.717, 1.165) is 29.8 Å². The molecule has 0 bridgehead atoms. The summed E-state index contributed by atoms with van der Waals surface area (Å²) in [5.41, 5.74) is 3.93. The highest BCUT2D eigenvalue weighted by molar-refractivity contribution is 5.98. The zero-order chi connectivity index (χ0) is 28.2. The first kappa shape index (κ1) is 27.5. The average Bonchev–Trinajstić information content (AvgIpc) is 3.36. The van der Waals surface area contributed by atoms with Gasteiger partial charge in [-0.2, -0.15) is 0 Å². The number of aryl methyl sites for hydroxylation is 1. The van der Waals surface area contributed by atoms with Gasteiger partial charge in [0.2, 0.25) is 5.91 Å². The molecule has 5 rings (SSSR count). The molecule has 7 nitrogen and oxygen atoms in total. The molecule has 208 valence electrons. The van der Waals surface area contributed by atoms with Crippen LogP contribution < -0.4 is 4.90 Å². The Bertz CT molecular complexity index is 1520. The van der Waals surface area contributed by atoms with E-state index in [1.54, 1.807) is 23.4 Å². The average molecular weight is 546 g/mol. The molecule has 0 aliphatic carbocycles. The molecule has 0 radical (unpaired) electrons. The number of hydrogen-bond acceptors (Lipinski definition) is 4. The van der Waals surface area contributed by atoms with Crippen LogP contribution in [-0.2, 0) is 24.4 Å². The Morgan fingerprint density at radius 2 is 1.70 bits per heavy atom. The third kappa shape index (κ3) is 5.89. The van der Waals surface area contributed by atoms with Crippen LogP contribution in [0.1, 0.15) is 41.8 Å². The van der Waals surface area contributed by atoms with Crippen molar-refractivity contribution in [3.8, 4) is 0 Å². The van der Waals surface area contributed by atoms with Gasteiger partial charge in [-0.1, -0.05) is 30.3 Å². The fraction of sp³-hybridized carbons (Fsp3) is 0.323. The second kappa shape index (κ2) is 12.0. The molecule has 1 aromatic heterocycles. The maximum atomic E-state index is 14.5. The molecule has 9 heteroatoms. The highest BCUT2D eigenvalue weighted by atomic mass is 19.2. The van der Waals surface area contributed by atoms with E-state index in [1.807, 2.05) is 35.8 Å². The van der Waals surface area contributed by atoms with Crippen LogP contribution in [0, 0.1) is 11.6 Å². The van der Waals surface area contributed by atoms with Crippen LogP contribution in [0.15, 0.2) is 67.0 Å². The molecular formula is C31H33F2N5O2. The maximum Gasteiger partial charge on any atom is 0.254 e. The first-order valence-electron chi connectivity index (χ1n) is 13.6. The molecule has 2 amide bonds. The summed E-state index contributed by atoms with van der Waals surface area (Å²) in [6.07, 6.45) is 2.38. The summed E-state index contributed by atoms with van der Waals surface area (Å²) in [4.78, 5) is 36.4. The smallest absolute Gasteiger partial charge is 0.254 e. The van der Waals surface area contributed by atoms with E-state index in [1.165, 1.54) is 11.8 Å². The molecule has 0 N–H and O–H groups in total. The number of hydrogen-bond donors (Lipinski definition) is 0. The number of aromatic nitrogens is 2. The second-order valence-corrected chi connectivity index (χ2v) is 10.1. The lowest BCUT2D eigenvalue weighted by Crippen LogP contribution is -2.38. The number of anilines is 1. The molecule has 0 saturated heterocycles. The van der Waals surface area contributed by atoms with Crippen LogP contribution in [0.2, 0.25) is 0 Å². The van der Waals surface area contributed by atoms with Gasteiger partial charge in [0.25, 0.3) is 5.91 Å². The third-order valence-electron chi connectivity index (χ3n) is 7.44. The molecule has 2 heterocycles. The normalized spacial score (nSPS) is 15.1. The monoisotopic (exact) mass is 545 g/mol. The van der Waals surface area contributed by atoms with Gasteiger partial charge in [-0.05, 0) is 48.7 Å². The fourth-order valence-electron chi connectivity index (χ4n) is 5.32. The van der Waals surface area contributed by atoms with Gasteiger partial charge in [0.1, 0.15) is 0 Å². The molecule has 0 spiro atoms. The first-order valence-corrected chi connectivity index (χ1v) is 13.6. The fourth-order valence-corrected chi connectivity index (χ4v) is 5.32. The van der Waals surface area contributed by atoms with Crippen molar-refractivity contribution in [2.45, 2.75) is 39.9 Å². The van der Waals surface area contributed by atoms with Gasteiger partial charge in [0.05, 0.1) is 23.0 Å². The maximum absolute atomic E-state index is 14.5. The Labute approximate surface area is 232 Å². The molecule has 0 saturated carbocycles. The van der Waals surface area contributed by atoms with Crippen molar-refractivity contribution in [3.05, 3.63) is 95.3 Å². The van der Waals surface area contributed by atoms with E-state index < -0.39 is 11.6 Å². The predicted molar refractivity (Wildman–Crippen MR) is 151 cm³/mol. The van der Waals surface area contributed by atoms with Crippen molar-refractivity contribution >= 4 is 28.5 Å². The summed E-state index contributed by atoms with van der Waals surface area (Å²) in [6.45, 7) is 6.87. The summed E-state index contributed by atoms with van der Waals surface area (Å²) >= 11 is 0. The van der Waals surface area contributed by atoms with Crippen molar-refractivity contribution in [2.75, 3.05) is 31.1 Å². The van der Waals surface area contributed by atoms with Gasteiger partial charge in [0, 0.05) is 64.4 Å². The first-order chi connectivity index (χ1) is 19.3. The number of amides is 2. The summed E-state index contributed by atoms with van der Waals surface area (Å²) in [7, 11) is 0. The van der Waals surface area contributed by atoms with Crippen LogP contribution in [0.25, 0.3) is 11.0 Å². The van der Waals surface area contributed by atoms with E-state index in [2.05, 4.69) is 22.0 Å². The van der Waals surface area contributed by atoms with Crippen LogP contribution in [0.3, 0.4) is 0 Å². The van der Waals surface area contributed by atoms with Crippen LogP contribution in [0.4, 0.5) is 14.5 Å². The van der Waals surface area contributed by atoms with E-state index in [9.17, 15) is 18.4 Å². The lowest BCUT2D eigenvalue weighted by Gasteiger charge is -2.28. The highest BCUT2D eigenvalue weighted by Gasteiger charge is 2.25. The Kier molecular flexibility index (Phi) is 8.21. The molecule has 3 aromatic carbocycles. The number of carbonyl (C=O) groups excluding carboxylic acids is 2. The number of nitrogens with zero attached hydrogens (tertiary/aromatic N) is 5. The standard InChI is InChI=1S/C31H33F2N5O2/c1-3-36-21-34-28-17-24(10-11-29(28)36)31(40)37-15-14-35(19-23-8-5-4-6-9-23)12-7-13-38(22(2)39)30-18-27(33)26(32)16-25(30)20-37/h4-6,8-11,16-18,21H,3,7,12-15,19-20H2,1-2H3. The molecule has 0 fully saturated rings. The quantitative estimate of drug-likeness (QED) is 0.352. The van der Waals surface area contributed by atoms with Crippen molar-refractivity contribution in [3.63, 3.8) is 0 Å². The molecular weight excluding hydrogens is 512 g/mol. The number of imidazole rings is 1. The third-order valence-corrected chi connectivity index (χ3v) is 7.44. The van der Waals surface area contributed by atoms with Gasteiger partial charge in [0.15, 0.2) is 11.6 Å². The topological polar surface area (TPSA) is 61.7 Å². The van der Waals surface area contributed by atoms with Crippen LogP contribution in [0.5, 0.6) is 0 Å². The molecule has 0 unspecified atom stereocenters. The zero-order valence-corrected chi connectivity index (χ0v) is 22.8. The van der Waals surface area contributed by atoms with Gasteiger partial charge < -0.3 is 14.4 Å². The Hall–Kier alpha value is -4.11. The van der Waals surface area contributed by atoms with E-state index in [0.29, 0.717) is 55.8 Å². The predicted octanol–water partition coefficient (Wildman–Crippen LogP) is 5.24. The van der Waals surface area contributed by atoms with Crippen LogP contribution >= 0.6 is 0 Å². The molecule has 1 aliphatic heterocycles. The zero-order valence-electron chi connectivity index (χ0n) is 22.8. The Morgan fingerprint density at radius 3 is 2.45 bits per heavy atom. The summed E-state index contributed by atoms with van der Waals surface area (Å²) in [5, 5.41) is 0. The van der Waals surface area contributed by atoms with Crippen LogP contribution in [-0.4, -0.2) is 57.3 Å². The Morgan fingerprint density at radius 1 is 0.925 bits per heavy atom. The van der Waals surface area contributed by atoms with E-state index in [4.69, 9.17) is 0 Å². The Balaban J connectivity index is 1.52. The number of carbonyl (C=O) groups is 2. The highest BCUT2D eigenvalue weighted by Crippen LogP contribution is 2.28. The van der Waals surface area contributed by atoms with Crippen molar-refractivity contribution < 1.29 is 18.4 Å². The molecule has 1 aliphatic rings. The summed E-state index contributed by atoms with van der Waals surface area (Å²) in [6, 6.07) is 17.7. The lowest BCUT2D eigenvalue weighted by molar-refractivity contribution is -0.116. The molecule has 4 aromatic rings. The number of rotatable bonds is 4. The number of fused-ring (bicyclic) bond motifs is 2. The van der Waals surface area contributed by atoms with Gasteiger partial charge in [-0.25, -0.2) is 13.8 Å². The van der Waals surface area contributed by atoms with E-state index in [-0.39, 0.29) is 24.0 Å². The minimum absolute atomic E-state index is 0.0236. The number of halogens is 2. The summed E-state index contributed by atoms with van der Waals surface area (Å²) in [5.74, 6) is -2.55.